The Kier molecular flexibility index (Phi) is 2.05. The Balaban J connectivity index is 2.78. The molecule has 0 aliphatic rings. The monoisotopic (exact) mass is 154 g/mol. The zero-order valence-electron chi connectivity index (χ0n) is 7.16. The highest BCUT2D eigenvalue weighted by molar-refractivity contribution is 5.11. The molecule has 2 nitrogen and oxygen atoms in total. The Morgan fingerprint density at radius 1 is 1.45 bits per heavy atom. The first kappa shape index (κ1) is 8.34. The SMILES string of the molecule is CC(C)(C)C(O)c1ccoc1. The minimum atomic E-state index is -0.443. The molecule has 1 heterocycles. The third-order valence-electron chi connectivity index (χ3n) is 1.68. The van der Waals surface area contributed by atoms with Crippen LogP contribution in [0.5, 0.6) is 0 Å². The molecule has 0 aromatic carbocycles. The van der Waals surface area contributed by atoms with Gasteiger partial charge >= 0.3 is 0 Å². The molecule has 1 N–H and O–H groups in total. The van der Waals surface area contributed by atoms with Crippen molar-refractivity contribution in [3.8, 4) is 0 Å². The molecule has 0 saturated heterocycles. The van der Waals surface area contributed by atoms with Crippen molar-refractivity contribution in [2.45, 2.75) is 26.9 Å². The largest absolute Gasteiger partial charge is 0.472 e. The van der Waals surface area contributed by atoms with Crippen molar-refractivity contribution >= 4 is 0 Å². The summed E-state index contributed by atoms with van der Waals surface area (Å²) in [5, 5.41) is 9.69. The van der Waals surface area contributed by atoms with Gasteiger partial charge in [-0.3, -0.25) is 0 Å². The van der Waals surface area contributed by atoms with Gasteiger partial charge in [0.1, 0.15) is 0 Å². The molecular formula is C9H14O2. The first-order valence-corrected chi connectivity index (χ1v) is 3.72. The first-order chi connectivity index (χ1) is 5.02. The van der Waals surface area contributed by atoms with Gasteiger partial charge in [-0.25, -0.2) is 0 Å². The molecule has 0 bridgehead atoms. The van der Waals surface area contributed by atoms with Crippen molar-refractivity contribution in [1.29, 1.82) is 0 Å². The highest BCUT2D eigenvalue weighted by atomic mass is 16.3. The second-order valence-electron chi connectivity index (χ2n) is 3.83. The second-order valence-corrected chi connectivity index (χ2v) is 3.83. The van der Waals surface area contributed by atoms with Crippen LogP contribution in [0.15, 0.2) is 23.0 Å². The lowest BCUT2D eigenvalue weighted by molar-refractivity contribution is 0.0621. The number of aliphatic hydroxyl groups excluding tert-OH is 1. The van der Waals surface area contributed by atoms with Crippen LogP contribution in [0.25, 0.3) is 0 Å². The van der Waals surface area contributed by atoms with Crippen molar-refractivity contribution < 1.29 is 9.52 Å². The topological polar surface area (TPSA) is 33.4 Å². The van der Waals surface area contributed by atoms with Gasteiger partial charge in [-0.05, 0) is 11.5 Å². The molecule has 62 valence electrons. The van der Waals surface area contributed by atoms with Crippen LogP contribution in [0.3, 0.4) is 0 Å². The van der Waals surface area contributed by atoms with Crippen LogP contribution in [0.4, 0.5) is 0 Å². The van der Waals surface area contributed by atoms with E-state index in [1.54, 1.807) is 18.6 Å². The summed E-state index contributed by atoms with van der Waals surface area (Å²) in [5.41, 5.74) is 0.724. The van der Waals surface area contributed by atoms with E-state index in [0.717, 1.165) is 5.56 Å². The third kappa shape index (κ3) is 1.84. The molecule has 0 aliphatic carbocycles. The summed E-state index contributed by atoms with van der Waals surface area (Å²) < 4.78 is 4.87. The summed E-state index contributed by atoms with van der Waals surface area (Å²) in [6.07, 6.45) is 2.71. The predicted molar refractivity (Wildman–Crippen MR) is 43.1 cm³/mol. The fourth-order valence-electron chi connectivity index (χ4n) is 0.931. The molecule has 0 spiro atoms. The fourth-order valence-corrected chi connectivity index (χ4v) is 0.931. The fraction of sp³-hybridized carbons (Fsp3) is 0.556. The Labute approximate surface area is 66.8 Å². The highest BCUT2D eigenvalue weighted by Gasteiger charge is 2.24. The van der Waals surface area contributed by atoms with E-state index in [1.807, 2.05) is 20.8 Å². The van der Waals surface area contributed by atoms with E-state index in [1.165, 1.54) is 0 Å². The van der Waals surface area contributed by atoms with E-state index in [2.05, 4.69) is 0 Å². The lowest BCUT2D eigenvalue weighted by Crippen LogP contribution is -2.16. The molecule has 1 unspecified atom stereocenters. The zero-order chi connectivity index (χ0) is 8.48. The highest BCUT2D eigenvalue weighted by Crippen LogP contribution is 2.32. The Hall–Kier alpha value is -0.760. The summed E-state index contributed by atoms with van der Waals surface area (Å²) in [5.74, 6) is 0. The van der Waals surface area contributed by atoms with Crippen LogP contribution < -0.4 is 0 Å². The van der Waals surface area contributed by atoms with E-state index in [4.69, 9.17) is 4.42 Å². The average Bonchev–Trinajstić information content (AvgIpc) is 2.34. The molecule has 1 aromatic heterocycles. The standard InChI is InChI=1S/C9H14O2/c1-9(2,3)8(10)7-4-5-11-6-7/h4-6,8,10H,1-3H3. The number of hydrogen-bond donors (Lipinski definition) is 1. The lowest BCUT2D eigenvalue weighted by Gasteiger charge is -2.24. The van der Waals surface area contributed by atoms with Gasteiger partial charge in [0.05, 0.1) is 18.6 Å². The van der Waals surface area contributed by atoms with Gasteiger partial charge in [-0.1, -0.05) is 20.8 Å². The van der Waals surface area contributed by atoms with Gasteiger partial charge in [0.25, 0.3) is 0 Å². The van der Waals surface area contributed by atoms with E-state index in [0.29, 0.717) is 0 Å². The summed E-state index contributed by atoms with van der Waals surface area (Å²) in [6.45, 7) is 5.97. The van der Waals surface area contributed by atoms with Crippen molar-refractivity contribution in [3.63, 3.8) is 0 Å². The molecule has 1 rings (SSSR count). The lowest BCUT2D eigenvalue weighted by atomic mass is 9.86. The van der Waals surface area contributed by atoms with Gasteiger partial charge in [-0.2, -0.15) is 0 Å². The number of hydrogen-bond acceptors (Lipinski definition) is 2. The number of furan rings is 1. The maximum absolute atomic E-state index is 9.69. The smallest absolute Gasteiger partial charge is 0.0960 e. The van der Waals surface area contributed by atoms with Crippen molar-refractivity contribution in [1.82, 2.24) is 0 Å². The van der Waals surface area contributed by atoms with Gasteiger partial charge < -0.3 is 9.52 Å². The Bertz CT molecular complexity index is 206. The Morgan fingerprint density at radius 2 is 2.09 bits per heavy atom. The minimum Gasteiger partial charge on any atom is -0.472 e. The first-order valence-electron chi connectivity index (χ1n) is 3.72. The van der Waals surface area contributed by atoms with E-state index < -0.39 is 6.10 Å². The molecule has 0 saturated carbocycles. The predicted octanol–water partition coefficient (Wildman–Crippen LogP) is 2.36. The number of rotatable bonds is 1. The maximum Gasteiger partial charge on any atom is 0.0960 e. The third-order valence-corrected chi connectivity index (χ3v) is 1.68. The summed E-state index contributed by atoms with van der Waals surface area (Å²) in [6, 6.07) is 1.79. The van der Waals surface area contributed by atoms with Crippen molar-refractivity contribution in [3.05, 3.63) is 24.2 Å². The van der Waals surface area contributed by atoms with Crippen LogP contribution in [0.2, 0.25) is 0 Å². The van der Waals surface area contributed by atoms with Crippen LogP contribution in [-0.2, 0) is 0 Å². The quantitative estimate of drug-likeness (QED) is 0.673. The number of aliphatic hydroxyl groups is 1. The van der Waals surface area contributed by atoms with Gasteiger partial charge in [0.15, 0.2) is 0 Å². The van der Waals surface area contributed by atoms with Crippen LogP contribution in [0.1, 0.15) is 32.4 Å². The molecule has 0 fully saturated rings. The summed E-state index contributed by atoms with van der Waals surface area (Å²) in [7, 11) is 0. The zero-order valence-corrected chi connectivity index (χ0v) is 7.16. The molecule has 2 heteroatoms. The van der Waals surface area contributed by atoms with Crippen LogP contribution >= 0.6 is 0 Å². The summed E-state index contributed by atoms with van der Waals surface area (Å²) >= 11 is 0. The molecule has 11 heavy (non-hydrogen) atoms. The van der Waals surface area contributed by atoms with Crippen molar-refractivity contribution in [2.75, 3.05) is 0 Å². The minimum absolute atomic E-state index is 0.121. The van der Waals surface area contributed by atoms with Gasteiger partial charge in [0.2, 0.25) is 0 Å². The molecular weight excluding hydrogens is 140 g/mol. The molecule has 1 atom stereocenters. The molecule has 0 radical (unpaired) electrons. The summed E-state index contributed by atoms with van der Waals surface area (Å²) in [4.78, 5) is 0. The van der Waals surface area contributed by atoms with E-state index in [-0.39, 0.29) is 5.41 Å². The van der Waals surface area contributed by atoms with Crippen molar-refractivity contribution in [2.24, 2.45) is 5.41 Å². The van der Waals surface area contributed by atoms with Gasteiger partial charge in [-0.15, -0.1) is 0 Å². The molecule has 0 amide bonds. The van der Waals surface area contributed by atoms with E-state index >= 15 is 0 Å². The molecule has 0 aliphatic heterocycles. The maximum atomic E-state index is 9.69. The molecule has 1 aromatic rings. The van der Waals surface area contributed by atoms with Crippen LogP contribution in [0, 0.1) is 5.41 Å². The van der Waals surface area contributed by atoms with Gasteiger partial charge in [0, 0.05) is 5.56 Å². The second kappa shape index (κ2) is 2.70. The van der Waals surface area contributed by atoms with E-state index in [9.17, 15) is 5.11 Å². The average molecular weight is 154 g/mol. The Morgan fingerprint density at radius 3 is 2.45 bits per heavy atom. The normalized spacial score (nSPS) is 14.9. The van der Waals surface area contributed by atoms with Crippen LogP contribution in [-0.4, -0.2) is 5.11 Å².